The minimum atomic E-state index is -0.283. The molecule has 1 aliphatic heterocycles. The highest BCUT2D eigenvalue weighted by atomic mass is 16.5. The zero-order chi connectivity index (χ0) is 26.1. The van der Waals surface area contributed by atoms with E-state index in [2.05, 4.69) is 35.2 Å². The highest BCUT2D eigenvalue weighted by molar-refractivity contribution is 5.87. The van der Waals surface area contributed by atoms with Crippen LogP contribution >= 0.6 is 0 Å². The van der Waals surface area contributed by atoms with Crippen LogP contribution in [0.5, 0.6) is 11.5 Å². The van der Waals surface area contributed by atoms with Crippen molar-refractivity contribution >= 4 is 16.7 Å². The summed E-state index contributed by atoms with van der Waals surface area (Å²) in [4.78, 5) is 15.1. The third-order valence-electron chi connectivity index (χ3n) is 7.23. The molecule has 0 fully saturated rings. The molecule has 0 aliphatic carbocycles. The van der Waals surface area contributed by atoms with Crippen LogP contribution in [0.25, 0.3) is 11.0 Å². The molecule has 0 saturated heterocycles. The van der Waals surface area contributed by atoms with Gasteiger partial charge < -0.3 is 18.8 Å². The van der Waals surface area contributed by atoms with Crippen molar-refractivity contribution in [2.45, 2.75) is 33.4 Å². The summed E-state index contributed by atoms with van der Waals surface area (Å²) in [6, 6.07) is 30.4. The van der Waals surface area contributed by atoms with E-state index in [-0.39, 0.29) is 5.63 Å². The second kappa shape index (κ2) is 10.1. The Bertz CT molecular complexity index is 1640. The number of rotatable bonds is 6. The molecule has 5 aromatic rings. The Hall–Kier alpha value is -4.51. The molecule has 1 aliphatic rings. The van der Waals surface area contributed by atoms with E-state index < -0.39 is 0 Å². The lowest BCUT2D eigenvalue weighted by atomic mass is 9.96. The highest BCUT2D eigenvalue weighted by Gasteiger charge is 2.24. The van der Waals surface area contributed by atoms with Gasteiger partial charge in [0.1, 0.15) is 23.7 Å². The van der Waals surface area contributed by atoms with Gasteiger partial charge in [0.2, 0.25) is 0 Å². The molecule has 0 unspecified atom stereocenters. The molecule has 0 bridgehead atoms. The van der Waals surface area contributed by atoms with Crippen LogP contribution in [0.4, 0.5) is 5.69 Å². The maximum absolute atomic E-state index is 12.9. The third kappa shape index (κ3) is 4.63. The lowest BCUT2D eigenvalue weighted by molar-refractivity contribution is 0.287. The molecule has 2 heterocycles. The largest absolute Gasteiger partial charge is 0.489 e. The summed E-state index contributed by atoms with van der Waals surface area (Å²) in [5.41, 5.74) is 7.21. The topological polar surface area (TPSA) is 51.9 Å². The number of benzene rings is 4. The predicted molar refractivity (Wildman–Crippen MR) is 150 cm³/mol. The molecule has 0 amide bonds. The maximum Gasteiger partial charge on any atom is 0.340 e. The molecule has 0 atom stereocenters. The predicted octanol–water partition coefficient (Wildman–Crippen LogP) is 6.94. The Morgan fingerprint density at radius 1 is 0.842 bits per heavy atom. The monoisotopic (exact) mass is 503 g/mol. The van der Waals surface area contributed by atoms with Crippen molar-refractivity contribution in [2.75, 3.05) is 11.6 Å². The first-order chi connectivity index (χ1) is 18.6. The van der Waals surface area contributed by atoms with Crippen LogP contribution in [0.1, 0.15) is 33.4 Å². The fraction of sp³-hybridized carbons (Fsp3) is 0.182. The molecule has 190 valence electrons. The second-order valence-electron chi connectivity index (χ2n) is 9.76. The summed E-state index contributed by atoms with van der Waals surface area (Å²) in [7, 11) is 0. The molecular formula is C33H29NO4. The van der Waals surface area contributed by atoms with E-state index in [4.69, 9.17) is 13.9 Å². The lowest BCUT2D eigenvalue weighted by Crippen LogP contribution is -2.32. The zero-order valence-corrected chi connectivity index (χ0v) is 21.6. The molecule has 4 aromatic carbocycles. The Balaban J connectivity index is 1.26. The molecule has 0 N–H and O–H groups in total. The van der Waals surface area contributed by atoms with E-state index in [0.717, 1.165) is 50.4 Å². The summed E-state index contributed by atoms with van der Waals surface area (Å²) >= 11 is 0. The van der Waals surface area contributed by atoms with Crippen LogP contribution in [0, 0.1) is 13.8 Å². The molecule has 38 heavy (non-hydrogen) atoms. The van der Waals surface area contributed by atoms with Crippen LogP contribution in [-0.4, -0.2) is 6.73 Å². The van der Waals surface area contributed by atoms with Crippen LogP contribution in [0.2, 0.25) is 0 Å². The Morgan fingerprint density at radius 2 is 1.53 bits per heavy atom. The normalized spacial score (nSPS) is 12.7. The van der Waals surface area contributed by atoms with Crippen molar-refractivity contribution in [2.24, 2.45) is 0 Å². The summed E-state index contributed by atoms with van der Waals surface area (Å²) in [5.74, 6) is 1.63. The summed E-state index contributed by atoms with van der Waals surface area (Å²) in [6.07, 6.45) is 0.544. The van der Waals surface area contributed by atoms with Gasteiger partial charge in [-0.1, -0.05) is 60.7 Å². The minimum Gasteiger partial charge on any atom is -0.489 e. The van der Waals surface area contributed by atoms with E-state index >= 15 is 0 Å². The first kappa shape index (κ1) is 23.9. The van der Waals surface area contributed by atoms with Gasteiger partial charge in [-0.15, -0.1) is 0 Å². The van der Waals surface area contributed by atoms with E-state index in [9.17, 15) is 4.79 Å². The number of hydrogen-bond acceptors (Lipinski definition) is 5. The van der Waals surface area contributed by atoms with E-state index in [1.807, 2.05) is 74.5 Å². The van der Waals surface area contributed by atoms with Gasteiger partial charge in [0.05, 0.1) is 0 Å². The molecule has 0 saturated carbocycles. The first-order valence-electron chi connectivity index (χ1n) is 12.8. The highest BCUT2D eigenvalue weighted by Crippen LogP contribution is 2.37. The van der Waals surface area contributed by atoms with E-state index in [1.165, 1.54) is 0 Å². The quantitative estimate of drug-likeness (QED) is 0.235. The second-order valence-corrected chi connectivity index (χ2v) is 9.76. The molecule has 5 nitrogen and oxygen atoms in total. The fourth-order valence-corrected chi connectivity index (χ4v) is 5.11. The smallest absolute Gasteiger partial charge is 0.340 e. The zero-order valence-electron chi connectivity index (χ0n) is 21.6. The molecule has 6 rings (SSSR count). The summed E-state index contributed by atoms with van der Waals surface area (Å²) in [6.45, 7) is 5.63. The number of fused-ring (bicyclic) bond motifs is 2. The van der Waals surface area contributed by atoms with Gasteiger partial charge in [-0.25, -0.2) is 4.79 Å². The third-order valence-corrected chi connectivity index (χ3v) is 7.23. The number of aryl methyl sites for hydroxylation is 2. The number of nitrogens with zero attached hydrogens (tertiary/aromatic N) is 1. The Labute approximate surface area is 221 Å². The van der Waals surface area contributed by atoms with Gasteiger partial charge in [0.15, 0.2) is 6.73 Å². The van der Waals surface area contributed by atoms with Crippen molar-refractivity contribution in [1.82, 2.24) is 0 Å². The van der Waals surface area contributed by atoms with Crippen molar-refractivity contribution in [3.63, 3.8) is 0 Å². The van der Waals surface area contributed by atoms with Crippen LogP contribution in [-0.2, 0) is 19.6 Å². The average molecular weight is 504 g/mol. The maximum atomic E-state index is 12.9. The van der Waals surface area contributed by atoms with Crippen LogP contribution in [0.15, 0.2) is 100 Å². The molecule has 0 radical (unpaired) electrons. The van der Waals surface area contributed by atoms with Crippen molar-refractivity contribution in [3.05, 3.63) is 135 Å². The summed E-state index contributed by atoms with van der Waals surface area (Å²) < 4.78 is 18.0. The number of anilines is 1. The summed E-state index contributed by atoms with van der Waals surface area (Å²) in [5, 5.41) is 0.960. The minimum absolute atomic E-state index is 0.283. The van der Waals surface area contributed by atoms with E-state index in [1.54, 1.807) is 0 Å². The molecule has 5 heteroatoms. The van der Waals surface area contributed by atoms with Gasteiger partial charge in [-0.3, -0.25) is 0 Å². The molecular weight excluding hydrogens is 474 g/mol. The van der Waals surface area contributed by atoms with E-state index in [0.29, 0.717) is 37.4 Å². The first-order valence-corrected chi connectivity index (χ1v) is 12.8. The van der Waals surface area contributed by atoms with Crippen LogP contribution < -0.4 is 20.0 Å². The average Bonchev–Trinajstić information content (AvgIpc) is 2.96. The SMILES string of the molecule is Cc1c(Cc2ccccc2)c(=O)oc2c(C)c3c(cc12)CN(c1ccc(OCc2ccccc2)cc1)CO3. The van der Waals surface area contributed by atoms with Gasteiger partial charge in [-0.05, 0) is 60.9 Å². The Morgan fingerprint density at radius 3 is 2.24 bits per heavy atom. The standard InChI is InChI=1S/C33H29NO4/c1-22-29-18-26-19-34(27-13-15-28(16-14-27)36-20-25-11-7-4-8-12-25)21-37-31(26)23(2)32(29)38-33(35)30(22)17-24-9-5-3-6-10-24/h3-16,18H,17,19-21H2,1-2H3. The van der Waals surface area contributed by atoms with Crippen molar-refractivity contribution in [1.29, 1.82) is 0 Å². The number of hydrogen-bond donors (Lipinski definition) is 0. The van der Waals surface area contributed by atoms with Crippen molar-refractivity contribution < 1.29 is 13.9 Å². The molecule has 0 spiro atoms. The fourth-order valence-electron chi connectivity index (χ4n) is 5.11. The lowest BCUT2D eigenvalue weighted by Gasteiger charge is -2.32. The van der Waals surface area contributed by atoms with Gasteiger partial charge in [0.25, 0.3) is 0 Å². The Kier molecular flexibility index (Phi) is 6.34. The van der Waals surface area contributed by atoms with Gasteiger partial charge in [-0.2, -0.15) is 0 Å². The number of ether oxygens (including phenoxy) is 2. The van der Waals surface area contributed by atoms with Crippen molar-refractivity contribution in [3.8, 4) is 11.5 Å². The molecule has 1 aromatic heterocycles. The van der Waals surface area contributed by atoms with Gasteiger partial charge >= 0.3 is 5.63 Å². The van der Waals surface area contributed by atoms with Crippen LogP contribution in [0.3, 0.4) is 0 Å². The van der Waals surface area contributed by atoms with Gasteiger partial charge in [0, 0.05) is 40.7 Å².